The fourth-order valence-electron chi connectivity index (χ4n) is 2.44. The average molecular weight is 490 g/mol. The van der Waals surface area contributed by atoms with Crippen molar-refractivity contribution in [1.29, 1.82) is 0 Å². The molecular weight excluding hydrogens is 480 g/mol. The Morgan fingerprint density at radius 1 is 0.967 bits per heavy atom. The molecule has 0 spiro atoms. The van der Waals surface area contributed by atoms with Crippen molar-refractivity contribution in [2.75, 3.05) is 5.32 Å². The van der Waals surface area contributed by atoms with Crippen molar-refractivity contribution in [2.45, 2.75) is 0 Å². The lowest BCUT2D eigenvalue weighted by molar-refractivity contribution is 0.101. The van der Waals surface area contributed by atoms with Gasteiger partial charge in [0.2, 0.25) is 0 Å². The second kappa shape index (κ2) is 9.18. The average Bonchev–Trinajstić information content (AvgIpc) is 2.67. The summed E-state index contributed by atoms with van der Waals surface area (Å²) in [4.78, 5) is 16.3. The van der Waals surface area contributed by atoms with Crippen LogP contribution in [-0.4, -0.2) is 17.2 Å². The molecule has 1 amide bonds. The molecule has 0 heterocycles. The van der Waals surface area contributed by atoms with Gasteiger partial charge in [-0.25, -0.2) is 8.78 Å². The maximum atomic E-state index is 14.8. The summed E-state index contributed by atoms with van der Waals surface area (Å²) < 4.78 is 29.0. The lowest BCUT2D eigenvalue weighted by atomic mass is 10.1. The molecule has 0 atom stereocenters. The van der Waals surface area contributed by atoms with Crippen LogP contribution in [0.4, 0.5) is 20.2 Å². The molecule has 3 aromatic rings. The van der Waals surface area contributed by atoms with Crippen LogP contribution in [0.5, 0.6) is 5.75 Å². The molecule has 3 aromatic carbocycles. The van der Waals surface area contributed by atoms with Crippen molar-refractivity contribution >= 4 is 69.9 Å². The Morgan fingerprint density at radius 3 is 2.40 bits per heavy atom. The number of anilines is 1. The fraction of sp³-hybridized carbons (Fsp3) is 0. The van der Waals surface area contributed by atoms with Crippen molar-refractivity contribution < 1.29 is 18.7 Å². The normalized spacial score (nSPS) is 11.1. The summed E-state index contributed by atoms with van der Waals surface area (Å²) in [6, 6.07) is 8.80. The van der Waals surface area contributed by atoms with Crippen LogP contribution in [0.3, 0.4) is 0 Å². The zero-order valence-electron chi connectivity index (χ0n) is 14.7. The number of nitrogens with zero attached hydrogens (tertiary/aromatic N) is 1. The van der Waals surface area contributed by atoms with Gasteiger partial charge in [0.25, 0.3) is 5.91 Å². The number of nitrogens with one attached hydrogen (secondary N) is 1. The Balaban J connectivity index is 1.93. The molecule has 154 valence electrons. The molecule has 4 nitrogen and oxygen atoms in total. The summed E-state index contributed by atoms with van der Waals surface area (Å²) in [5, 5.41) is 12.9. The first-order valence-corrected chi connectivity index (χ1v) is 9.65. The number of carbonyl (C=O) groups excluding carboxylic acids is 1. The third-order valence-electron chi connectivity index (χ3n) is 3.88. The largest absolute Gasteiger partial charge is 0.506 e. The van der Waals surface area contributed by atoms with E-state index in [1.54, 1.807) is 0 Å². The molecule has 0 aromatic heterocycles. The lowest BCUT2D eigenvalue weighted by Gasteiger charge is -2.09. The van der Waals surface area contributed by atoms with Gasteiger partial charge in [-0.15, -0.1) is 0 Å². The zero-order valence-corrected chi connectivity index (χ0v) is 17.7. The standard InChI is InChI=1S/C20H10Cl4F2N2O2/c21-10-5-9(19(29)14(24)6-10)8-27-16-4-3-15(25)17(18(16)26)20(30)28-11-1-2-12(22)13(23)7-11/h1-8,29H,(H,28,30)/b27-8+. The van der Waals surface area contributed by atoms with Crippen LogP contribution in [0, 0.1) is 11.6 Å². The number of hydrogen-bond acceptors (Lipinski definition) is 3. The van der Waals surface area contributed by atoms with Gasteiger partial charge in [0.05, 0.1) is 20.8 Å². The van der Waals surface area contributed by atoms with E-state index in [0.717, 1.165) is 18.3 Å². The van der Waals surface area contributed by atoms with E-state index in [-0.39, 0.29) is 42.8 Å². The minimum absolute atomic E-state index is 0.0229. The predicted octanol–water partition coefficient (Wildman–Crippen LogP) is 7.29. The van der Waals surface area contributed by atoms with Crippen molar-refractivity contribution in [3.05, 3.63) is 85.3 Å². The molecule has 0 aliphatic carbocycles. The Hall–Kier alpha value is -2.38. The van der Waals surface area contributed by atoms with Gasteiger partial charge in [-0.05, 0) is 42.5 Å². The number of benzene rings is 3. The van der Waals surface area contributed by atoms with Crippen LogP contribution < -0.4 is 5.32 Å². The van der Waals surface area contributed by atoms with Crippen LogP contribution in [0.2, 0.25) is 20.1 Å². The van der Waals surface area contributed by atoms with Gasteiger partial charge in [0, 0.05) is 22.5 Å². The summed E-state index contributed by atoms with van der Waals surface area (Å²) in [7, 11) is 0. The first kappa shape index (κ1) is 22.3. The Kier molecular flexibility index (Phi) is 6.83. The summed E-state index contributed by atoms with van der Waals surface area (Å²) in [5.74, 6) is -3.65. The minimum atomic E-state index is -1.20. The van der Waals surface area contributed by atoms with Gasteiger partial charge in [0.15, 0.2) is 5.82 Å². The quantitative estimate of drug-likeness (QED) is 0.378. The van der Waals surface area contributed by atoms with E-state index in [9.17, 15) is 18.7 Å². The van der Waals surface area contributed by atoms with Gasteiger partial charge < -0.3 is 10.4 Å². The van der Waals surface area contributed by atoms with Crippen LogP contribution in [0.25, 0.3) is 0 Å². The van der Waals surface area contributed by atoms with Gasteiger partial charge in [0.1, 0.15) is 17.1 Å². The molecule has 0 fully saturated rings. The number of rotatable bonds is 4. The minimum Gasteiger partial charge on any atom is -0.506 e. The first-order valence-electron chi connectivity index (χ1n) is 8.14. The molecule has 0 bridgehead atoms. The molecule has 2 N–H and O–H groups in total. The van der Waals surface area contributed by atoms with E-state index in [0.29, 0.717) is 0 Å². The summed E-state index contributed by atoms with van der Waals surface area (Å²) in [6.07, 6.45) is 1.09. The highest BCUT2D eigenvalue weighted by molar-refractivity contribution is 6.42. The molecular formula is C20H10Cl4F2N2O2. The van der Waals surface area contributed by atoms with Crippen molar-refractivity contribution in [3.8, 4) is 5.75 Å². The fourth-order valence-corrected chi connectivity index (χ4v) is 3.25. The zero-order chi connectivity index (χ0) is 22.0. The Labute approximate surface area is 189 Å². The molecule has 0 radical (unpaired) electrons. The third-order valence-corrected chi connectivity index (χ3v) is 5.12. The van der Waals surface area contributed by atoms with Crippen LogP contribution >= 0.6 is 46.4 Å². The van der Waals surface area contributed by atoms with Gasteiger partial charge in [-0.1, -0.05) is 46.4 Å². The van der Waals surface area contributed by atoms with Crippen LogP contribution in [0.1, 0.15) is 15.9 Å². The van der Waals surface area contributed by atoms with E-state index < -0.39 is 23.1 Å². The van der Waals surface area contributed by atoms with Gasteiger partial charge >= 0.3 is 0 Å². The van der Waals surface area contributed by atoms with E-state index >= 15 is 0 Å². The highest BCUT2D eigenvalue weighted by Gasteiger charge is 2.21. The smallest absolute Gasteiger partial charge is 0.261 e. The van der Waals surface area contributed by atoms with Gasteiger partial charge in [-0.3, -0.25) is 9.79 Å². The molecule has 10 heteroatoms. The Bertz CT molecular complexity index is 1190. The molecule has 0 unspecified atom stereocenters. The highest BCUT2D eigenvalue weighted by atomic mass is 35.5. The molecule has 0 aliphatic rings. The number of amides is 1. The summed E-state index contributed by atoms with van der Waals surface area (Å²) in [5.41, 5.74) is -0.881. The number of aliphatic imine (C=N–C) groups is 1. The summed E-state index contributed by atoms with van der Waals surface area (Å²) >= 11 is 23.4. The topological polar surface area (TPSA) is 61.7 Å². The molecule has 30 heavy (non-hydrogen) atoms. The third kappa shape index (κ3) is 4.84. The van der Waals surface area contributed by atoms with E-state index in [2.05, 4.69) is 10.3 Å². The van der Waals surface area contributed by atoms with E-state index in [4.69, 9.17) is 46.4 Å². The predicted molar refractivity (Wildman–Crippen MR) is 116 cm³/mol. The van der Waals surface area contributed by atoms with E-state index in [1.165, 1.54) is 30.3 Å². The van der Waals surface area contributed by atoms with Crippen molar-refractivity contribution in [1.82, 2.24) is 0 Å². The number of carbonyl (C=O) groups is 1. The molecule has 0 saturated carbocycles. The second-order valence-corrected chi connectivity index (χ2v) is 7.58. The number of hydrogen-bond donors (Lipinski definition) is 2. The lowest BCUT2D eigenvalue weighted by Crippen LogP contribution is -2.16. The van der Waals surface area contributed by atoms with Crippen LogP contribution in [0.15, 0.2) is 47.5 Å². The number of phenolic OH excluding ortho intramolecular Hbond substituents is 1. The first-order chi connectivity index (χ1) is 14.2. The molecule has 0 aliphatic heterocycles. The number of aromatic hydroxyl groups is 1. The van der Waals surface area contributed by atoms with E-state index in [1.807, 2.05) is 0 Å². The maximum absolute atomic E-state index is 14.8. The molecule has 3 rings (SSSR count). The maximum Gasteiger partial charge on any atom is 0.261 e. The second-order valence-electron chi connectivity index (χ2n) is 5.92. The number of phenols is 1. The summed E-state index contributed by atoms with van der Waals surface area (Å²) in [6.45, 7) is 0. The number of halogens is 6. The molecule has 0 saturated heterocycles. The highest BCUT2D eigenvalue weighted by Crippen LogP contribution is 2.31. The van der Waals surface area contributed by atoms with Crippen molar-refractivity contribution in [2.24, 2.45) is 4.99 Å². The monoisotopic (exact) mass is 488 g/mol. The Morgan fingerprint density at radius 2 is 1.70 bits per heavy atom. The van der Waals surface area contributed by atoms with Crippen molar-refractivity contribution in [3.63, 3.8) is 0 Å². The van der Waals surface area contributed by atoms with Gasteiger partial charge in [-0.2, -0.15) is 0 Å². The SMILES string of the molecule is O=C(Nc1ccc(Cl)c(Cl)c1)c1c(F)ccc(/N=C/c2cc(Cl)cc(Cl)c2O)c1F. The van der Waals surface area contributed by atoms with Crippen LogP contribution in [-0.2, 0) is 0 Å².